The number of esters is 1. The Balaban J connectivity index is 1.53. The summed E-state index contributed by atoms with van der Waals surface area (Å²) in [5.74, 6) is -0.649. The molecule has 1 saturated heterocycles. The molecule has 1 aliphatic heterocycles. The maximum atomic E-state index is 12.6. The van der Waals surface area contributed by atoms with E-state index in [9.17, 15) is 14.4 Å². The Bertz CT molecular complexity index is 1040. The summed E-state index contributed by atoms with van der Waals surface area (Å²) >= 11 is 0. The van der Waals surface area contributed by atoms with E-state index >= 15 is 0 Å². The number of carbonyl (C=O) groups excluding carboxylic acids is 3. The van der Waals surface area contributed by atoms with Gasteiger partial charge in [-0.25, -0.2) is 4.79 Å². The number of rotatable bonds is 7. The van der Waals surface area contributed by atoms with Crippen LogP contribution < -0.4 is 16.0 Å². The van der Waals surface area contributed by atoms with Gasteiger partial charge in [-0.2, -0.15) is 0 Å². The molecule has 0 radical (unpaired) electrons. The first-order valence-electron chi connectivity index (χ1n) is 12.0. The number of anilines is 2. The number of hydrogen-bond acceptors (Lipinski definition) is 6. The number of nitrogens with two attached hydrogens (primary N) is 1. The molecule has 1 aliphatic rings. The molecule has 2 amide bonds. The zero-order chi connectivity index (χ0) is 25.8. The monoisotopic (exact) mass is 480 g/mol. The minimum atomic E-state index is -0.748. The van der Waals surface area contributed by atoms with E-state index in [1.165, 1.54) is 0 Å². The van der Waals surface area contributed by atoms with Gasteiger partial charge in [-0.15, -0.1) is 0 Å². The van der Waals surface area contributed by atoms with Crippen LogP contribution in [0.4, 0.5) is 11.4 Å². The van der Waals surface area contributed by atoms with Crippen molar-refractivity contribution in [1.29, 1.82) is 0 Å². The number of piperazine rings is 1. The van der Waals surface area contributed by atoms with E-state index in [1.54, 1.807) is 29.2 Å². The fraction of sp³-hybridized carbons (Fsp3) is 0.444. The third kappa shape index (κ3) is 7.37. The van der Waals surface area contributed by atoms with Gasteiger partial charge in [-0.3, -0.25) is 14.5 Å². The molecule has 8 nitrogen and oxygen atoms in total. The molecule has 2 aromatic carbocycles. The van der Waals surface area contributed by atoms with Crippen molar-refractivity contribution >= 4 is 29.2 Å². The third-order valence-electron chi connectivity index (χ3n) is 5.81. The Morgan fingerprint density at radius 1 is 1.03 bits per heavy atom. The fourth-order valence-corrected chi connectivity index (χ4v) is 3.83. The largest absolute Gasteiger partial charge is 0.456 e. The topological polar surface area (TPSA) is 105 Å². The van der Waals surface area contributed by atoms with E-state index in [-0.39, 0.29) is 11.8 Å². The molecular weight excluding hydrogens is 444 g/mol. The van der Waals surface area contributed by atoms with Gasteiger partial charge in [-0.1, -0.05) is 12.1 Å². The lowest BCUT2D eigenvalue weighted by Gasteiger charge is -2.36. The number of benzene rings is 2. The van der Waals surface area contributed by atoms with E-state index in [4.69, 9.17) is 10.5 Å². The molecule has 3 rings (SSSR count). The first kappa shape index (κ1) is 26.4. The molecule has 0 aliphatic carbocycles. The van der Waals surface area contributed by atoms with Crippen LogP contribution in [0.3, 0.4) is 0 Å². The molecule has 0 unspecified atom stereocenters. The molecule has 188 valence electrons. The SMILES string of the molecule is CC(C)N1CCN(c2ccc(C[C@H](N)C(=O)Nc3ccc(C(=O)OC(C)(C)C)cc3)cc2)C(=O)C1. The number of hydrogen-bond donors (Lipinski definition) is 2. The van der Waals surface area contributed by atoms with Crippen LogP contribution in [0.15, 0.2) is 48.5 Å². The van der Waals surface area contributed by atoms with E-state index in [1.807, 2.05) is 45.0 Å². The standard InChI is InChI=1S/C27H36N4O4/c1-18(2)30-14-15-31(24(32)17-30)22-12-6-19(7-13-22)16-23(28)25(33)29-21-10-8-20(9-11-21)26(34)35-27(3,4)5/h6-13,18,23H,14-17,28H2,1-5H3,(H,29,33)/t23-/m0/s1. The summed E-state index contributed by atoms with van der Waals surface area (Å²) in [7, 11) is 0. The lowest BCUT2D eigenvalue weighted by molar-refractivity contribution is -0.121. The molecule has 1 heterocycles. The second kappa shape index (κ2) is 11.0. The first-order chi connectivity index (χ1) is 16.4. The molecule has 0 aromatic heterocycles. The summed E-state index contributed by atoms with van der Waals surface area (Å²) in [6.07, 6.45) is 0.358. The quantitative estimate of drug-likeness (QED) is 0.590. The maximum Gasteiger partial charge on any atom is 0.338 e. The normalized spacial score (nSPS) is 15.7. The Morgan fingerprint density at radius 2 is 1.66 bits per heavy atom. The van der Waals surface area contributed by atoms with Crippen molar-refractivity contribution in [2.75, 3.05) is 29.9 Å². The van der Waals surface area contributed by atoms with Crippen LogP contribution in [0.25, 0.3) is 0 Å². The molecule has 2 aromatic rings. The summed E-state index contributed by atoms with van der Waals surface area (Å²) in [5.41, 5.74) is 8.28. The molecular formula is C27H36N4O4. The average Bonchev–Trinajstić information content (AvgIpc) is 2.79. The van der Waals surface area contributed by atoms with Crippen molar-refractivity contribution in [3.63, 3.8) is 0 Å². The van der Waals surface area contributed by atoms with Gasteiger partial charge in [0.25, 0.3) is 0 Å². The van der Waals surface area contributed by atoms with Crippen molar-refractivity contribution < 1.29 is 19.1 Å². The van der Waals surface area contributed by atoms with Crippen LogP contribution in [0.2, 0.25) is 0 Å². The van der Waals surface area contributed by atoms with E-state index in [0.717, 1.165) is 17.8 Å². The Kier molecular flexibility index (Phi) is 8.30. The molecule has 3 N–H and O–H groups in total. The highest BCUT2D eigenvalue weighted by Gasteiger charge is 2.26. The fourth-order valence-electron chi connectivity index (χ4n) is 3.83. The smallest absolute Gasteiger partial charge is 0.338 e. The summed E-state index contributed by atoms with van der Waals surface area (Å²) in [6, 6.07) is 13.7. The van der Waals surface area contributed by atoms with Gasteiger partial charge in [0, 0.05) is 30.5 Å². The highest BCUT2D eigenvalue weighted by molar-refractivity contribution is 5.96. The molecule has 0 bridgehead atoms. The molecule has 1 fully saturated rings. The maximum absolute atomic E-state index is 12.6. The summed E-state index contributed by atoms with van der Waals surface area (Å²) in [4.78, 5) is 41.2. The van der Waals surface area contributed by atoms with Crippen molar-refractivity contribution in [2.45, 2.75) is 58.7 Å². The summed E-state index contributed by atoms with van der Waals surface area (Å²) < 4.78 is 5.35. The zero-order valence-electron chi connectivity index (χ0n) is 21.2. The van der Waals surface area contributed by atoms with E-state index < -0.39 is 17.6 Å². The predicted molar refractivity (Wildman–Crippen MR) is 137 cm³/mol. The average molecular weight is 481 g/mol. The van der Waals surface area contributed by atoms with Gasteiger partial charge in [0.05, 0.1) is 18.2 Å². The van der Waals surface area contributed by atoms with Crippen molar-refractivity contribution in [1.82, 2.24) is 4.90 Å². The lowest BCUT2D eigenvalue weighted by atomic mass is 10.0. The lowest BCUT2D eigenvalue weighted by Crippen LogP contribution is -2.52. The van der Waals surface area contributed by atoms with E-state index in [0.29, 0.717) is 36.8 Å². The van der Waals surface area contributed by atoms with Crippen LogP contribution in [-0.2, 0) is 20.7 Å². The summed E-state index contributed by atoms with van der Waals surface area (Å²) in [5, 5.41) is 2.78. The number of nitrogens with one attached hydrogen (secondary N) is 1. The minimum absolute atomic E-state index is 0.0893. The minimum Gasteiger partial charge on any atom is -0.456 e. The Morgan fingerprint density at radius 3 is 2.20 bits per heavy atom. The second-order valence-electron chi connectivity index (χ2n) is 10.2. The number of ether oxygens (including phenoxy) is 1. The molecule has 0 saturated carbocycles. The van der Waals surface area contributed by atoms with Crippen LogP contribution in [-0.4, -0.2) is 60.0 Å². The van der Waals surface area contributed by atoms with Crippen molar-refractivity contribution in [3.05, 3.63) is 59.7 Å². The van der Waals surface area contributed by atoms with Crippen molar-refractivity contribution in [2.24, 2.45) is 5.73 Å². The van der Waals surface area contributed by atoms with Gasteiger partial charge < -0.3 is 20.7 Å². The molecule has 35 heavy (non-hydrogen) atoms. The zero-order valence-corrected chi connectivity index (χ0v) is 21.2. The number of nitrogens with zero attached hydrogens (tertiary/aromatic N) is 2. The van der Waals surface area contributed by atoms with Gasteiger partial charge in [0.2, 0.25) is 11.8 Å². The third-order valence-corrected chi connectivity index (χ3v) is 5.81. The molecule has 0 spiro atoms. The van der Waals surface area contributed by atoms with Gasteiger partial charge in [0.1, 0.15) is 5.60 Å². The highest BCUT2D eigenvalue weighted by atomic mass is 16.6. The first-order valence-corrected chi connectivity index (χ1v) is 12.0. The van der Waals surface area contributed by atoms with Gasteiger partial charge in [0.15, 0.2) is 0 Å². The van der Waals surface area contributed by atoms with Gasteiger partial charge in [-0.05, 0) is 83.0 Å². The molecule has 8 heteroatoms. The van der Waals surface area contributed by atoms with Crippen LogP contribution in [0, 0.1) is 0 Å². The van der Waals surface area contributed by atoms with Crippen LogP contribution in [0.5, 0.6) is 0 Å². The van der Waals surface area contributed by atoms with Crippen LogP contribution in [0.1, 0.15) is 50.5 Å². The Hall–Kier alpha value is -3.23. The summed E-state index contributed by atoms with van der Waals surface area (Å²) in [6.45, 7) is 11.5. The highest BCUT2D eigenvalue weighted by Crippen LogP contribution is 2.20. The van der Waals surface area contributed by atoms with Crippen molar-refractivity contribution in [3.8, 4) is 0 Å². The number of amides is 2. The molecule has 1 atom stereocenters. The van der Waals surface area contributed by atoms with E-state index in [2.05, 4.69) is 24.1 Å². The predicted octanol–water partition coefficient (Wildman–Crippen LogP) is 3.21. The Labute approximate surface area is 207 Å². The van der Waals surface area contributed by atoms with Gasteiger partial charge >= 0.3 is 5.97 Å². The van der Waals surface area contributed by atoms with Crippen LogP contribution >= 0.6 is 0 Å². The second-order valence-corrected chi connectivity index (χ2v) is 10.2. The number of carbonyl (C=O) groups is 3.